The zero-order valence-corrected chi connectivity index (χ0v) is 12.2. The van der Waals surface area contributed by atoms with Crippen molar-refractivity contribution < 1.29 is 33.3 Å². The summed E-state index contributed by atoms with van der Waals surface area (Å²) in [6.45, 7) is 3.84. The molecule has 0 N–H and O–H groups in total. The predicted molar refractivity (Wildman–Crippen MR) is 67.8 cm³/mol. The van der Waals surface area contributed by atoms with E-state index >= 15 is 0 Å². The highest BCUT2D eigenvalue weighted by atomic mass is 32.2. The van der Waals surface area contributed by atoms with Gasteiger partial charge in [-0.2, -0.15) is 0 Å². The van der Waals surface area contributed by atoms with E-state index in [0.29, 0.717) is 5.75 Å². The molecule has 3 fully saturated rings. The molecule has 0 saturated carbocycles. The number of esters is 3. The van der Waals surface area contributed by atoms with Gasteiger partial charge in [-0.15, -0.1) is 11.8 Å². The van der Waals surface area contributed by atoms with Crippen molar-refractivity contribution in [1.82, 2.24) is 0 Å². The highest BCUT2D eigenvalue weighted by Crippen LogP contribution is 2.41. The van der Waals surface area contributed by atoms with Crippen LogP contribution in [0, 0.1) is 0 Å². The zero-order valence-electron chi connectivity index (χ0n) is 11.4. The third kappa shape index (κ3) is 3.24. The molecule has 20 heavy (non-hydrogen) atoms. The second kappa shape index (κ2) is 6.01. The van der Waals surface area contributed by atoms with Gasteiger partial charge in [-0.1, -0.05) is 0 Å². The van der Waals surface area contributed by atoms with Crippen LogP contribution in [0.3, 0.4) is 0 Å². The summed E-state index contributed by atoms with van der Waals surface area (Å²) in [6, 6.07) is 0. The summed E-state index contributed by atoms with van der Waals surface area (Å²) in [4.78, 5) is 33.5. The smallest absolute Gasteiger partial charge is 0.304 e. The lowest BCUT2D eigenvalue weighted by Gasteiger charge is -2.48. The molecule has 2 unspecified atom stereocenters. The number of thioether (sulfide) groups is 1. The predicted octanol–water partition coefficient (Wildman–Crippen LogP) is 0.253. The van der Waals surface area contributed by atoms with E-state index in [2.05, 4.69) is 0 Å². The minimum absolute atomic E-state index is 0.405. The van der Waals surface area contributed by atoms with Crippen LogP contribution in [0.1, 0.15) is 20.8 Å². The highest BCUT2D eigenvalue weighted by Gasteiger charge is 2.55. The summed E-state index contributed by atoms with van der Waals surface area (Å²) >= 11 is 1.47. The number of carbonyl (C=O) groups excluding carboxylic acids is 3. The molecule has 112 valence electrons. The number of rotatable bonds is 3. The molecule has 0 radical (unpaired) electrons. The summed E-state index contributed by atoms with van der Waals surface area (Å²) in [5.41, 5.74) is 0. The van der Waals surface area contributed by atoms with E-state index in [1.54, 1.807) is 0 Å². The molecule has 0 aromatic rings. The van der Waals surface area contributed by atoms with Gasteiger partial charge in [0.25, 0.3) is 0 Å². The van der Waals surface area contributed by atoms with Crippen LogP contribution in [0.2, 0.25) is 0 Å². The molecule has 3 saturated heterocycles. The Morgan fingerprint density at radius 3 is 2.05 bits per heavy atom. The van der Waals surface area contributed by atoms with Gasteiger partial charge < -0.3 is 18.9 Å². The summed E-state index contributed by atoms with van der Waals surface area (Å²) in [7, 11) is 0. The van der Waals surface area contributed by atoms with Gasteiger partial charge in [0.1, 0.15) is 11.4 Å². The first-order valence-electron chi connectivity index (χ1n) is 6.17. The van der Waals surface area contributed by atoms with Crippen molar-refractivity contribution in [3.63, 3.8) is 0 Å². The van der Waals surface area contributed by atoms with Crippen molar-refractivity contribution in [2.45, 2.75) is 50.6 Å². The van der Waals surface area contributed by atoms with Crippen LogP contribution in [-0.4, -0.2) is 53.5 Å². The molecule has 7 nitrogen and oxygen atoms in total. The maximum atomic E-state index is 11.2. The summed E-state index contributed by atoms with van der Waals surface area (Å²) in [5, 5.41) is -0.405. The Bertz CT molecular complexity index is 424. The van der Waals surface area contributed by atoms with Gasteiger partial charge in [0.05, 0.1) is 0 Å². The lowest BCUT2D eigenvalue weighted by molar-refractivity contribution is -0.249. The maximum Gasteiger partial charge on any atom is 0.304 e. The van der Waals surface area contributed by atoms with Crippen LogP contribution in [0.25, 0.3) is 0 Å². The van der Waals surface area contributed by atoms with Gasteiger partial charge in [0, 0.05) is 26.5 Å². The molecule has 0 aromatic heterocycles. The fourth-order valence-electron chi connectivity index (χ4n) is 2.31. The third-order valence-electron chi connectivity index (χ3n) is 2.93. The van der Waals surface area contributed by atoms with E-state index in [9.17, 15) is 14.4 Å². The fraction of sp³-hybridized carbons (Fsp3) is 0.750. The minimum Gasteiger partial charge on any atom is -0.457 e. The monoisotopic (exact) mass is 304 g/mol. The number of ether oxygens (including phenoxy) is 4. The van der Waals surface area contributed by atoms with Gasteiger partial charge in [-0.25, -0.2) is 0 Å². The van der Waals surface area contributed by atoms with E-state index in [0.717, 1.165) is 0 Å². The first-order chi connectivity index (χ1) is 9.38. The topological polar surface area (TPSA) is 88.1 Å². The Labute approximate surface area is 120 Å². The lowest BCUT2D eigenvalue weighted by Crippen LogP contribution is -2.64. The van der Waals surface area contributed by atoms with Gasteiger partial charge in [0.15, 0.2) is 12.2 Å². The van der Waals surface area contributed by atoms with E-state index in [4.69, 9.17) is 18.9 Å². The molecule has 3 aliphatic rings. The first kappa shape index (κ1) is 15.1. The Balaban J connectivity index is 2.17. The van der Waals surface area contributed by atoms with Gasteiger partial charge in [-0.05, 0) is 0 Å². The number of hydrogen-bond acceptors (Lipinski definition) is 8. The average Bonchev–Trinajstić information content (AvgIpc) is 2.31. The molecule has 3 aliphatic heterocycles. The second-order valence-electron chi connectivity index (χ2n) is 4.60. The van der Waals surface area contributed by atoms with Crippen LogP contribution in [0.15, 0.2) is 0 Å². The molecule has 8 heteroatoms. The van der Waals surface area contributed by atoms with E-state index in [1.807, 2.05) is 0 Å². The summed E-state index contributed by atoms with van der Waals surface area (Å²) < 4.78 is 21.1. The maximum absolute atomic E-state index is 11.2. The number of fused-ring (bicyclic) bond motifs is 3. The first-order valence-corrected chi connectivity index (χ1v) is 7.22. The Hall–Kier alpha value is -1.28. The quantitative estimate of drug-likeness (QED) is 0.542. The van der Waals surface area contributed by atoms with Crippen LogP contribution < -0.4 is 0 Å². The van der Waals surface area contributed by atoms with Crippen molar-refractivity contribution in [1.29, 1.82) is 0 Å². The van der Waals surface area contributed by atoms with Crippen molar-refractivity contribution in [2.75, 3.05) is 5.75 Å². The number of hydrogen-bond donors (Lipinski definition) is 0. The molecule has 0 spiro atoms. The van der Waals surface area contributed by atoms with Gasteiger partial charge >= 0.3 is 17.9 Å². The average molecular weight is 304 g/mol. The van der Waals surface area contributed by atoms with Crippen LogP contribution in [0.4, 0.5) is 0 Å². The molecule has 2 bridgehead atoms. The fourth-order valence-corrected chi connectivity index (χ4v) is 3.67. The third-order valence-corrected chi connectivity index (χ3v) is 4.33. The lowest BCUT2D eigenvalue weighted by atomic mass is 10.0. The van der Waals surface area contributed by atoms with Crippen molar-refractivity contribution in [3.8, 4) is 0 Å². The largest absolute Gasteiger partial charge is 0.457 e. The SMILES string of the molecule is CC(=O)OC1O[C@@H]2CSC1[C@H](OC(C)=O)[C@@H]2OC(C)=O. The Morgan fingerprint density at radius 1 is 0.950 bits per heavy atom. The molecule has 3 rings (SSSR count). The second-order valence-corrected chi connectivity index (χ2v) is 5.81. The van der Waals surface area contributed by atoms with Gasteiger partial charge in [0.2, 0.25) is 6.29 Å². The van der Waals surface area contributed by atoms with Crippen molar-refractivity contribution in [3.05, 3.63) is 0 Å². The molecule has 0 aliphatic carbocycles. The van der Waals surface area contributed by atoms with Crippen LogP contribution in [-0.2, 0) is 33.3 Å². The normalized spacial score (nSPS) is 35.2. The molecule has 0 amide bonds. The standard InChI is InChI=1S/C12H16O7S/c1-5(13)16-9-8-4-20-11(10(9)17-6(2)14)12(19-8)18-7(3)15/h8-12H,4H2,1-3H3/t8-,9-,10-,11?,12?/m1/s1. The van der Waals surface area contributed by atoms with Crippen molar-refractivity contribution in [2.24, 2.45) is 0 Å². The van der Waals surface area contributed by atoms with Gasteiger partial charge in [-0.3, -0.25) is 14.4 Å². The molecular formula is C12H16O7S. The summed E-state index contributed by atoms with van der Waals surface area (Å²) in [5.74, 6) is -0.856. The molecular weight excluding hydrogens is 288 g/mol. The summed E-state index contributed by atoms with van der Waals surface area (Å²) in [6.07, 6.45) is -2.62. The van der Waals surface area contributed by atoms with Crippen molar-refractivity contribution >= 4 is 29.7 Å². The van der Waals surface area contributed by atoms with Crippen LogP contribution in [0.5, 0.6) is 0 Å². The van der Waals surface area contributed by atoms with E-state index in [1.165, 1.54) is 32.5 Å². The number of carbonyl (C=O) groups is 3. The Kier molecular flexibility index (Phi) is 4.54. The highest BCUT2D eigenvalue weighted by molar-refractivity contribution is 8.00. The Morgan fingerprint density at radius 2 is 1.50 bits per heavy atom. The zero-order chi connectivity index (χ0) is 14.9. The minimum atomic E-state index is -0.799. The van der Waals surface area contributed by atoms with Crippen LogP contribution >= 0.6 is 11.8 Å². The molecule has 5 atom stereocenters. The van der Waals surface area contributed by atoms with E-state index < -0.39 is 47.8 Å². The molecule has 0 aromatic carbocycles. The van der Waals surface area contributed by atoms with E-state index in [-0.39, 0.29) is 0 Å². The molecule has 3 heterocycles.